The van der Waals surface area contributed by atoms with Gasteiger partial charge in [-0.3, -0.25) is 0 Å². The van der Waals surface area contributed by atoms with E-state index in [1.165, 1.54) is 19.1 Å². The third kappa shape index (κ3) is 3.08. The number of halogens is 3. The second kappa shape index (κ2) is 5.88. The Hall–Kier alpha value is -2.83. The molecule has 0 aliphatic heterocycles. The van der Waals surface area contributed by atoms with Crippen molar-refractivity contribution in [2.45, 2.75) is 6.92 Å². The molecule has 0 spiro atoms. The Labute approximate surface area is 122 Å². The minimum atomic E-state index is -1.54. The van der Waals surface area contributed by atoms with Gasteiger partial charge in [-0.05, 0) is 30.7 Å². The molecule has 0 heterocycles. The summed E-state index contributed by atoms with van der Waals surface area (Å²) in [5, 5.41) is 8.87. The van der Waals surface area contributed by atoms with E-state index in [1.807, 2.05) is 0 Å². The number of carboxylic acid groups (broad SMARTS) is 1. The Balaban J connectivity index is 2.37. The lowest BCUT2D eigenvalue weighted by Crippen LogP contribution is -2.13. The number of benzene rings is 2. The van der Waals surface area contributed by atoms with Crippen molar-refractivity contribution in [3.63, 3.8) is 0 Å². The molecule has 0 atom stereocenters. The fourth-order valence-electron chi connectivity index (χ4n) is 1.70. The number of hydrogen-bond donors (Lipinski definition) is 1. The second-order valence-corrected chi connectivity index (χ2v) is 4.42. The molecule has 0 fully saturated rings. The summed E-state index contributed by atoms with van der Waals surface area (Å²) in [5.41, 5.74) is -0.674. The van der Waals surface area contributed by atoms with E-state index in [4.69, 9.17) is 9.84 Å². The minimum Gasteiger partial charge on any atom is -0.478 e. The lowest BCUT2D eigenvalue weighted by atomic mass is 10.1. The Morgan fingerprint density at radius 1 is 1.09 bits per heavy atom. The zero-order chi connectivity index (χ0) is 16.4. The van der Waals surface area contributed by atoms with E-state index in [0.717, 1.165) is 6.07 Å². The van der Waals surface area contributed by atoms with Crippen LogP contribution >= 0.6 is 0 Å². The van der Waals surface area contributed by atoms with Gasteiger partial charge >= 0.3 is 11.9 Å². The molecular formula is C15H9F3O4. The summed E-state index contributed by atoms with van der Waals surface area (Å²) in [6, 6.07) is 4.52. The van der Waals surface area contributed by atoms with Crippen LogP contribution < -0.4 is 4.74 Å². The van der Waals surface area contributed by atoms with Gasteiger partial charge in [0, 0.05) is 6.07 Å². The van der Waals surface area contributed by atoms with Gasteiger partial charge in [0.25, 0.3) is 0 Å². The molecule has 4 nitrogen and oxygen atoms in total. The van der Waals surface area contributed by atoms with Gasteiger partial charge in [-0.2, -0.15) is 0 Å². The molecule has 1 N–H and O–H groups in total. The predicted molar refractivity (Wildman–Crippen MR) is 69.4 cm³/mol. The third-order valence-corrected chi connectivity index (χ3v) is 2.85. The van der Waals surface area contributed by atoms with Crippen molar-refractivity contribution in [3.05, 3.63) is 64.5 Å². The highest BCUT2D eigenvalue weighted by atomic mass is 19.2. The lowest BCUT2D eigenvalue weighted by molar-refractivity contribution is 0.0686. The highest BCUT2D eigenvalue weighted by Gasteiger charge is 2.20. The van der Waals surface area contributed by atoms with Crippen molar-refractivity contribution in [2.75, 3.05) is 0 Å². The summed E-state index contributed by atoms with van der Waals surface area (Å²) in [5.74, 6) is -6.93. The zero-order valence-corrected chi connectivity index (χ0v) is 11.2. The summed E-state index contributed by atoms with van der Waals surface area (Å²) in [7, 11) is 0. The summed E-state index contributed by atoms with van der Waals surface area (Å²) in [4.78, 5) is 22.7. The topological polar surface area (TPSA) is 63.6 Å². The first-order valence-electron chi connectivity index (χ1n) is 6.00. The van der Waals surface area contributed by atoms with Crippen LogP contribution in [-0.2, 0) is 0 Å². The number of ether oxygens (including phenoxy) is 1. The van der Waals surface area contributed by atoms with Crippen molar-refractivity contribution >= 4 is 11.9 Å². The maximum absolute atomic E-state index is 13.5. The number of carboxylic acids is 1. The van der Waals surface area contributed by atoms with Crippen LogP contribution in [0.15, 0.2) is 30.3 Å². The monoisotopic (exact) mass is 310 g/mol. The zero-order valence-electron chi connectivity index (χ0n) is 11.2. The highest BCUT2D eigenvalue weighted by Crippen LogP contribution is 2.22. The summed E-state index contributed by atoms with van der Waals surface area (Å²) < 4.78 is 44.5. The van der Waals surface area contributed by atoms with Crippen molar-refractivity contribution < 1.29 is 32.6 Å². The normalized spacial score (nSPS) is 10.4. The molecule has 0 unspecified atom stereocenters. The van der Waals surface area contributed by atoms with Crippen molar-refractivity contribution in [3.8, 4) is 5.75 Å². The van der Waals surface area contributed by atoms with Crippen LogP contribution in [0.5, 0.6) is 5.75 Å². The average molecular weight is 310 g/mol. The molecule has 0 bridgehead atoms. The molecular weight excluding hydrogens is 301 g/mol. The number of aromatic carboxylic acids is 1. The molecule has 22 heavy (non-hydrogen) atoms. The van der Waals surface area contributed by atoms with E-state index in [0.29, 0.717) is 17.7 Å². The van der Waals surface area contributed by atoms with Gasteiger partial charge < -0.3 is 9.84 Å². The van der Waals surface area contributed by atoms with Gasteiger partial charge in [0.2, 0.25) is 0 Å². The summed E-state index contributed by atoms with van der Waals surface area (Å²) in [6.07, 6.45) is 0. The Bertz CT molecular complexity index is 772. The molecule has 0 aromatic heterocycles. The van der Waals surface area contributed by atoms with E-state index < -0.39 is 35.0 Å². The molecule has 2 aromatic carbocycles. The van der Waals surface area contributed by atoms with Crippen LogP contribution in [0.25, 0.3) is 0 Å². The largest absolute Gasteiger partial charge is 0.478 e. The van der Waals surface area contributed by atoms with E-state index in [2.05, 4.69) is 0 Å². The molecule has 0 aliphatic carbocycles. The van der Waals surface area contributed by atoms with Crippen LogP contribution in [0, 0.1) is 24.4 Å². The van der Waals surface area contributed by atoms with E-state index in [1.54, 1.807) is 0 Å². The van der Waals surface area contributed by atoms with Gasteiger partial charge in [-0.15, -0.1) is 0 Å². The molecule has 0 saturated heterocycles. The predicted octanol–water partition coefficient (Wildman–Crippen LogP) is 3.33. The molecule has 2 aromatic rings. The van der Waals surface area contributed by atoms with Gasteiger partial charge in [-0.25, -0.2) is 22.8 Å². The quantitative estimate of drug-likeness (QED) is 0.536. The van der Waals surface area contributed by atoms with Crippen LogP contribution in [-0.4, -0.2) is 17.0 Å². The lowest BCUT2D eigenvalue weighted by Gasteiger charge is -2.09. The molecule has 0 saturated carbocycles. The SMILES string of the molecule is Cc1ccc(C(=O)O)cc1OC(=O)c1cc(F)cc(F)c1F. The Morgan fingerprint density at radius 2 is 1.77 bits per heavy atom. The first-order valence-corrected chi connectivity index (χ1v) is 6.00. The fraction of sp³-hybridized carbons (Fsp3) is 0.0667. The number of hydrogen-bond acceptors (Lipinski definition) is 3. The fourth-order valence-corrected chi connectivity index (χ4v) is 1.70. The van der Waals surface area contributed by atoms with Crippen LogP contribution in [0.3, 0.4) is 0 Å². The summed E-state index contributed by atoms with van der Waals surface area (Å²) in [6.45, 7) is 1.52. The molecule has 0 amide bonds. The number of esters is 1. The average Bonchev–Trinajstić information content (AvgIpc) is 2.44. The van der Waals surface area contributed by atoms with Crippen molar-refractivity contribution in [1.82, 2.24) is 0 Å². The van der Waals surface area contributed by atoms with E-state index >= 15 is 0 Å². The first kappa shape index (κ1) is 15.6. The second-order valence-electron chi connectivity index (χ2n) is 4.42. The van der Waals surface area contributed by atoms with E-state index in [9.17, 15) is 22.8 Å². The first-order chi connectivity index (χ1) is 10.3. The molecule has 114 valence electrons. The third-order valence-electron chi connectivity index (χ3n) is 2.85. The van der Waals surface area contributed by atoms with Crippen LogP contribution in [0.2, 0.25) is 0 Å². The van der Waals surface area contributed by atoms with Gasteiger partial charge in [0.15, 0.2) is 11.6 Å². The maximum Gasteiger partial charge on any atom is 0.346 e. The van der Waals surface area contributed by atoms with Crippen LogP contribution in [0.1, 0.15) is 26.3 Å². The highest BCUT2D eigenvalue weighted by molar-refractivity contribution is 5.92. The molecule has 7 heteroatoms. The minimum absolute atomic E-state index is 0.144. The van der Waals surface area contributed by atoms with Gasteiger partial charge in [0.05, 0.1) is 5.56 Å². The number of carbonyl (C=O) groups is 2. The Kier molecular flexibility index (Phi) is 4.16. The number of carbonyl (C=O) groups excluding carboxylic acids is 1. The van der Waals surface area contributed by atoms with Crippen molar-refractivity contribution in [2.24, 2.45) is 0 Å². The molecule has 2 rings (SSSR count). The standard InChI is InChI=1S/C15H9F3O4/c1-7-2-3-8(14(19)20)4-12(7)22-15(21)10-5-9(16)6-11(17)13(10)18/h2-6H,1H3,(H,19,20). The molecule has 0 radical (unpaired) electrons. The van der Waals surface area contributed by atoms with E-state index in [-0.39, 0.29) is 11.3 Å². The van der Waals surface area contributed by atoms with Gasteiger partial charge in [0.1, 0.15) is 17.1 Å². The Morgan fingerprint density at radius 3 is 2.41 bits per heavy atom. The summed E-state index contributed by atoms with van der Waals surface area (Å²) >= 11 is 0. The number of aryl methyl sites for hydroxylation is 1. The molecule has 0 aliphatic rings. The smallest absolute Gasteiger partial charge is 0.346 e. The van der Waals surface area contributed by atoms with Gasteiger partial charge in [-0.1, -0.05) is 6.07 Å². The van der Waals surface area contributed by atoms with Crippen molar-refractivity contribution in [1.29, 1.82) is 0 Å². The van der Waals surface area contributed by atoms with Crippen LogP contribution in [0.4, 0.5) is 13.2 Å². The number of rotatable bonds is 3. The maximum atomic E-state index is 13.5.